The number of ether oxygens (including phenoxy) is 2. The van der Waals surface area contributed by atoms with Crippen LogP contribution in [-0.4, -0.2) is 37.0 Å². The molecule has 0 aliphatic rings. The van der Waals surface area contributed by atoms with Gasteiger partial charge in [0.25, 0.3) is 5.91 Å². The maximum Gasteiger partial charge on any atom is 0.256 e. The lowest BCUT2D eigenvalue weighted by Gasteiger charge is -2.13. The van der Waals surface area contributed by atoms with Gasteiger partial charge in [-0.15, -0.1) is 0 Å². The van der Waals surface area contributed by atoms with Gasteiger partial charge in [-0.2, -0.15) is 0 Å². The largest absolute Gasteiger partial charge is 0.493 e. The summed E-state index contributed by atoms with van der Waals surface area (Å²) in [5, 5.41) is 2.84. The number of carbonyl (C=O) groups excluding carboxylic acids is 1. The maximum atomic E-state index is 12.6. The molecule has 29 heavy (non-hydrogen) atoms. The molecule has 1 amide bonds. The second-order valence-electron chi connectivity index (χ2n) is 6.88. The van der Waals surface area contributed by atoms with E-state index in [2.05, 4.69) is 15.2 Å². The van der Waals surface area contributed by atoms with Crippen LogP contribution in [0.15, 0.2) is 66.9 Å². The number of hydrogen-bond acceptors (Lipinski definition) is 5. The Balaban J connectivity index is 1.69. The van der Waals surface area contributed by atoms with Crippen LogP contribution in [0, 0.1) is 0 Å². The zero-order valence-electron chi connectivity index (χ0n) is 16.9. The van der Waals surface area contributed by atoms with E-state index >= 15 is 0 Å². The van der Waals surface area contributed by atoms with Crippen molar-refractivity contribution in [2.24, 2.45) is 0 Å². The van der Waals surface area contributed by atoms with Gasteiger partial charge in [0, 0.05) is 18.3 Å². The van der Waals surface area contributed by atoms with Crippen molar-refractivity contribution in [3.63, 3.8) is 0 Å². The fourth-order valence-corrected chi connectivity index (χ4v) is 2.86. The molecule has 150 valence electrons. The number of methoxy groups -OCH3 is 1. The van der Waals surface area contributed by atoms with Crippen LogP contribution in [0.5, 0.6) is 11.5 Å². The number of amides is 1. The molecule has 3 rings (SSSR count). The first-order valence-corrected chi connectivity index (χ1v) is 9.31. The molecule has 0 aliphatic carbocycles. The van der Waals surface area contributed by atoms with Gasteiger partial charge in [-0.25, -0.2) is 4.98 Å². The van der Waals surface area contributed by atoms with Crippen LogP contribution < -0.4 is 14.8 Å². The Morgan fingerprint density at radius 2 is 1.79 bits per heavy atom. The zero-order valence-corrected chi connectivity index (χ0v) is 16.9. The van der Waals surface area contributed by atoms with E-state index in [-0.39, 0.29) is 5.91 Å². The van der Waals surface area contributed by atoms with Crippen molar-refractivity contribution in [1.29, 1.82) is 0 Å². The zero-order chi connectivity index (χ0) is 20.6. The lowest BCUT2D eigenvalue weighted by atomic mass is 10.1. The van der Waals surface area contributed by atoms with E-state index in [0.717, 1.165) is 17.7 Å². The molecule has 6 heteroatoms. The Labute approximate surface area is 171 Å². The number of rotatable bonds is 8. The molecule has 0 saturated heterocycles. The third-order valence-corrected chi connectivity index (χ3v) is 4.23. The van der Waals surface area contributed by atoms with Crippen LogP contribution in [0.2, 0.25) is 0 Å². The van der Waals surface area contributed by atoms with E-state index in [1.165, 1.54) is 0 Å². The highest BCUT2D eigenvalue weighted by Gasteiger charge is 2.12. The molecule has 2 aromatic carbocycles. The van der Waals surface area contributed by atoms with Gasteiger partial charge in [-0.05, 0) is 55.6 Å². The molecule has 3 aromatic rings. The van der Waals surface area contributed by atoms with Gasteiger partial charge in [0.1, 0.15) is 12.4 Å². The third-order valence-electron chi connectivity index (χ3n) is 4.23. The predicted molar refractivity (Wildman–Crippen MR) is 113 cm³/mol. The van der Waals surface area contributed by atoms with Gasteiger partial charge in [-0.3, -0.25) is 4.79 Å². The topological polar surface area (TPSA) is 63.7 Å². The van der Waals surface area contributed by atoms with Crippen molar-refractivity contribution in [2.75, 3.05) is 26.5 Å². The fourth-order valence-electron chi connectivity index (χ4n) is 2.86. The Morgan fingerprint density at radius 1 is 1.00 bits per heavy atom. The Bertz CT molecular complexity index is 959. The van der Waals surface area contributed by atoms with E-state index in [1.54, 1.807) is 31.5 Å². The number of hydrogen-bond donors (Lipinski definition) is 1. The number of benzene rings is 2. The second kappa shape index (κ2) is 9.71. The first-order valence-electron chi connectivity index (χ1n) is 9.31. The van der Waals surface area contributed by atoms with Crippen LogP contribution >= 0.6 is 0 Å². The molecule has 1 aromatic heterocycles. The number of anilines is 1. The van der Waals surface area contributed by atoms with Gasteiger partial charge in [-0.1, -0.05) is 30.3 Å². The van der Waals surface area contributed by atoms with E-state index in [9.17, 15) is 4.79 Å². The van der Waals surface area contributed by atoms with Crippen LogP contribution in [0.25, 0.3) is 0 Å². The van der Waals surface area contributed by atoms with Gasteiger partial charge < -0.3 is 19.7 Å². The molecular weight excluding hydrogens is 366 g/mol. The fraction of sp³-hybridized carbons (Fsp3) is 0.217. The smallest absolute Gasteiger partial charge is 0.256 e. The summed E-state index contributed by atoms with van der Waals surface area (Å²) in [7, 11) is 5.54. The minimum absolute atomic E-state index is 0.257. The number of nitrogens with one attached hydrogen (secondary N) is 1. The summed E-state index contributed by atoms with van der Waals surface area (Å²) in [5.74, 6) is 1.34. The van der Waals surface area contributed by atoms with Crippen molar-refractivity contribution in [1.82, 2.24) is 9.88 Å². The van der Waals surface area contributed by atoms with Gasteiger partial charge in [0.05, 0.1) is 7.11 Å². The highest BCUT2D eigenvalue weighted by Crippen LogP contribution is 2.29. The Morgan fingerprint density at radius 3 is 2.52 bits per heavy atom. The predicted octanol–water partition coefficient (Wildman–Crippen LogP) is 3.98. The Kier molecular flexibility index (Phi) is 6.81. The second-order valence-corrected chi connectivity index (χ2v) is 6.88. The molecule has 1 heterocycles. The monoisotopic (exact) mass is 391 g/mol. The standard InChI is InChI=1S/C23H25N3O3/c1-26(2)15-18-11-12-24-22(13-18)25-23(27)19-9-10-20(21(14-19)28-3)29-16-17-7-5-4-6-8-17/h4-14H,15-16H2,1-3H3,(H,24,25,27). The molecule has 1 N–H and O–H groups in total. The molecule has 0 unspecified atom stereocenters. The molecule has 0 atom stereocenters. The summed E-state index contributed by atoms with van der Waals surface area (Å²) in [6.45, 7) is 1.19. The van der Waals surface area contributed by atoms with E-state index in [1.807, 2.05) is 56.6 Å². The normalized spacial score (nSPS) is 10.6. The van der Waals surface area contributed by atoms with Crippen molar-refractivity contribution < 1.29 is 14.3 Å². The summed E-state index contributed by atoms with van der Waals surface area (Å²) >= 11 is 0. The minimum Gasteiger partial charge on any atom is -0.493 e. The summed E-state index contributed by atoms with van der Waals surface area (Å²) in [6.07, 6.45) is 1.69. The molecule has 0 spiro atoms. The van der Waals surface area contributed by atoms with Crippen molar-refractivity contribution in [3.05, 3.63) is 83.6 Å². The van der Waals surface area contributed by atoms with Crippen LogP contribution in [0.3, 0.4) is 0 Å². The highest BCUT2D eigenvalue weighted by molar-refractivity contribution is 6.04. The number of carbonyl (C=O) groups is 1. The summed E-state index contributed by atoms with van der Waals surface area (Å²) in [5.41, 5.74) is 2.59. The van der Waals surface area contributed by atoms with Crippen molar-refractivity contribution >= 4 is 11.7 Å². The van der Waals surface area contributed by atoms with Crippen LogP contribution in [0.4, 0.5) is 5.82 Å². The van der Waals surface area contributed by atoms with Gasteiger partial charge >= 0.3 is 0 Å². The summed E-state index contributed by atoms with van der Waals surface area (Å²) in [6, 6.07) is 18.8. The van der Waals surface area contributed by atoms with Gasteiger partial charge in [0.15, 0.2) is 11.5 Å². The first-order chi connectivity index (χ1) is 14.0. The number of pyridine rings is 1. The average Bonchev–Trinajstić information content (AvgIpc) is 2.72. The molecule has 0 bridgehead atoms. The number of nitrogens with zero attached hydrogens (tertiary/aromatic N) is 2. The quantitative estimate of drug-likeness (QED) is 0.629. The molecular formula is C23H25N3O3. The maximum absolute atomic E-state index is 12.6. The third kappa shape index (κ3) is 5.80. The Hall–Kier alpha value is -3.38. The molecule has 0 saturated carbocycles. The SMILES string of the molecule is COc1cc(C(=O)Nc2cc(CN(C)C)ccn2)ccc1OCc1ccccc1. The summed E-state index contributed by atoms with van der Waals surface area (Å²) in [4.78, 5) is 18.9. The number of aromatic nitrogens is 1. The minimum atomic E-state index is -0.257. The average molecular weight is 391 g/mol. The highest BCUT2D eigenvalue weighted by atomic mass is 16.5. The van der Waals surface area contributed by atoms with E-state index < -0.39 is 0 Å². The molecule has 0 aliphatic heterocycles. The van der Waals surface area contributed by atoms with E-state index in [0.29, 0.717) is 29.5 Å². The lowest BCUT2D eigenvalue weighted by Crippen LogP contribution is -2.15. The summed E-state index contributed by atoms with van der Waals surface area (Å²) < 4.78 is 11.3. The lowest BCUT2D eigenvalue weighted by molar-refractivity contribution is 0.102. The van der Waals surface area contributed by atoms with Gasteiger partial charge in [0.2, 0.25) is 0 Å². The molecule has 6 nitrogen and oxygen atoms in total. The van der Waals surface area contributed by atoms with Crippen molar-refractivity contribution in [2.45, 2.75) is 13.2 Å². The molecule has 0 radical (unpaired) electrons. The van der Waals surface area contributed by atoms with Crippen molar-refractivity contribution in [3.8, 4) is 11.5 Å². The van der Waals surface area contributed by atoms with Crippen LogP contribution in [0.1, 0.15) is 21.5 Å². The molecule has 0 fully saturated rings. The van der Waals surface area contributed by atoms with E-state index in [4.69, 9.17) is 9.47 Å². The first kappa shape index (κ1) is 20.4. The van der Waals surface area contributed by atoms with Crippen LogP contribution in [-0.2, 0) is 13.2 Å².